The average Bonchev–Trinajstić information content (AvgIpc) is 2.52. The number of rotatable bonds is 3. The minimum atomic E-state index is 0.0373. The quantitative estimate of drug-likeness (QED) is 0.616. The van der Waals surface area contributed by atoms with E-state index in [9.17, 15) is 4.79 Å². The number of carbonyl (C=O) groups excluding carboxylic acids is 1. The number of hydrogen-bond donors (Lipinski definition) is 0. The zero-order valence-corrected chi connectivity index (χ0v) is 8.01. The normalized spacial score (nSPS) is 23.2. The summed E-state index contributed by atoms with van der Waals surface area (Å²) in [5.74, 6) is 0.636. The van der Waals surface area contributed by atoms with Crippen molar-refractivity contribution >= 4 is 17.5 Å². The van der Waals surface area contributed by atoms with Gasteiger partial charge in [0.15, 0.2) is 0 Å². The van der Waals surface area contributed by atoms with Crippen LogP contribution < -0.4 is 0 Å². The van der Waals surface area contributed by atoms with Crippen molar-refractivity contribution in [2.24, 2.45) is 5.92 Å². The summed E-state index contributed by atoms with van der Waals surface area (Å²) in [6, 6.07) is 0. The second-order valence-corrected chi connectivity index (χ2v) is 3.35. The summed E-state index contributed by atoms with van der Waals surface area (Å²) in [4.78, 5) is 12.9. The summed E-state index contributed by atoms with van der Waals surface area (Å²) in [6.45, 7) is 2.38. The second-order valence-electron chi connectivity index (χ2n) is 3.08. The predicted octanol–water partition coefficient (Wildman–Crippen LogP) is 0.720. The van der Waals surface area contributed by atoms with Gasteiger partial charge in [-0.2, -0.15) is 0 Å². The highest BCUT2D eigenvalue weighted by Gasteiger charge is 2.25. The van der Waals surface area contributed by atoms with Crippen LogP contribution in [0.15, 0.2) is 0 Å². The average molecular weight is 192 g/mol. The van der Waals surface area contributed by atoms with Gasteiger partial charge in [0.25, 0.3) is 0 Å². The molecule has 1 heterocycles. The van der Waals surface area contributed by atoms with Gasteiger partial charge >= 0.3 is 0 Å². The summed E-state index contributed by atoms with van der Waals surface area (Å²) >= 11 is 5.43. The van der Waals surface area contributed by atoms with Gasteiger partial charge in [0, 0.05) is 26.1 Å². The third kappa shape index (κ3) is 2.35. The number of ether oxygens (including phenoxy) is 1. The first-order chi connectivity index (χ1) is 5.77. The van der Waals surface area contributed by atoms with E-state index in [1.54, 1.807) is 12.0 Å². The third-order valence-electron chi connectivity index (χ3n) is 2.16. The molecule has 0 saturated carbocycles. The SMILES string of the molecule is COCC1CCN(C(=O)CCl)C1. The Kier molecular flexibility index (Phi) is 3.82. The molecule has 1 amide bonds. The largest absolute Gasteiger partial charge is 0.384 e. The van der Waals surface area contributed by atoms with Crippen LogP contribution in [0.4, 0.5) is 0 Å². The maximum atomic E-state index is 11.1. The van der Waals surface area contributed by atoms with Crippen LogP contribution in [0.2, 0.25) is 0 Å². The number of alkyl halides is 1. The van der Waals surface area contributed by atoms with E-state index in [1.807, 2.05) is 0 Å². The summed E-state index contributed by atoms with van der Waals surface area (Å²) in [5, 5.41) is 0. The van der Waals surface area contributed by atoms with Crippen LogP contribution in [0.3, 0.4) is 0 Å². The second kappa shape index (κ2) is 4.67. The van der Waals surface area contributed by atoms with Gasteiger partial charge in [-0.3, -0.25) is 4.79 Å². The fraction of sp³-hybridized carbons (Fsp3) is 0.875. The van der Waals surface area contributed by atoms with Crippen molar-refractivity contribution in [2.75, 3.05) is 32.7 Å². The number of halogens is 1. The zero-order chi connectivity index (χ0) is 8.97. The monoisotopic (exact) mass is 191 g/mol. The molecular weight excluding hydrogens is 178 g/mol. The number of amides is 1. The van der Waals surface area contributed by atoms with Crippen molar-refractivity contribution in [1.29, 1.82) is 0 Å². The fourth-order valence-electron chi connectivity index (χ4n) is 1.52. The van der Waals surface area contributed by atoms with Gasteiger partial charge in [-0.1, -0.05) is 0 Å². The molecule has 1 aliphatic heterocycles. The molecule has 70 valence electrons. The molecule has 12 heavy (non-hydrogen) atoms. The topological polar surface area (TPSA) is 29.5 Å². The van der Waals surface area contributed by atoms with Crippen molar-refractivity contribution in [3.8, 4) is 0 Å². The lowest BCUT2D eigenvalue weighted by atomic mass is 10.1. The maximum Gasteiger partial charge on any atom is 0.237 e. The minimum absolute atomic E-state index is 0.0373. The first kappa shape index (κ1) is 9.81. The van der Waals surface area contributed by atoms with Gasteiger partial charge in [-0.25, -0.2) is 0 Å². The Morgan fingerprint density at radius 2 is 2.50 bits per heavy atom. The first-order valence-corrected chi connectivity index (χ1v) is 4.64. The van der Waals surface area contributed by atoms with Crippen molar-refractivity contribution in [3.05, 3.63) is 0 Å². The molecule has 0 bridgehead atoms. The highest BCUT2D eigenvalue weighted by atomic mass is 35.5. The smallest absolute Gasteiger partial charge is 0.237 e. The van der Waals surface area contributed by atoms with Gasteiger partial charge in [-0.05, 0) is 6.42 Å². The molecule has 1 rings (SSSR count). The van der Waals surface area contributed by atoms with E-state index in [0.29, 0.717) is 5.92 Å². The molecule has 1 unspecified atom stereocenters. The van der Waals surface area contributed by atoms with Crippen LogP contribution in [0.25, 0.3) is 0 Å². The van der Waals surface area contributed by atoms with Crippen molar-refractivity contribution < 1.29 is 9.53 Å². The molecule has 0 spiro atoms. The highest BCUT2D eigenvalue weighted by molar-refractivity contribution is 6.27. The number of hydrogen-bond acceptors (Lipinski definition) is 2. The Morgan fingerprint density at radius 1 is 1.75 bits per heavy atom. The Hall–Kier alpha value is -0.280. The first-order valence-electron chi connectivity index (χ1n) is 4.10. The molecule has 0 aromatic carbocycles. The summed E-state index contributed by atoms with van der Waals surface area (Å²) in [7, 11) is 1.69. The highest BCUT2D eigenvalue weighted by Crippen LogP contribution is 2.16. The van der Waals surface area contributed by atoms with Crippen molar-refractivity contribution in [1.82, 2.24) is 4.90 Å². The Balaban J connectivity index is 2.30. The fourth-order valence-corrected chi connectivity index (χ4v) is 1.68. The van der Waals surface area contributed by atoms with Crippen LogP contribution in [-0.2, 0) is 9.53 Å². The lowest BCUT2D eigenvalue weighted by Gasteiger charge is -2.14. The van der Waals surface area contributed by atoms with Crippen LogP contribution in [-0.4, -0.2) is 43.5 Å². The molecule has 1 fully saturated rings. The molecule has 0 N–H and O–H groups in total. The Labute approximate surface area is 77.6 Å². The summed E-state index contributed by atoms with van der Waals surface area (Å²) < 4.78 is 5.02. The van der Waals surface area contributed by atoms with E-state index >= 15 is 0 Å². The standard InChI is InChI=1S/C8H14ClNO2/c1-12-6-7-2-3-10(5-7)8(11)4-9/h7H,2-6H2,1H3. The number of methoxy groups -OCH3 is 1. The third-order valence-corrected chi connectivity index (χ3v) is 2.38. The molecule has 0 radical (unpaired) electrons. The number of nitrogens with zero attached hydrogens (tertiary/aromatic N) is 1. The van der Waals surface area contributed by atoms with E-state index in [1.165, 1.54) is 0 Å². The molecule has 4 heteroatoms. The number of likely N-dealkylation sites (tertiary alicyclic amines) is 1. The number of carbonyl (C=O) groups is 1. The van der Waals surface area contributed by atoms with Gasteiger partial charge in [-0.15, -0.1) is 11.6 Å². The van der Waals surface area contributed by atoms with Gasteiger partial charge in [0.1, 0.15) is 5.88 Å². The Bertz CT molecular complexity index is 163. The van der Waals surface area contributed by atoms with Crippen LogP contribution in [0, 0.1) is 5.92 Å². The Morgan fingerprint density at radius 3 is 3.08 bits per heavy atom. The lowest BCUT2D eigenvalue weighted by molar-refractivity contribution is -0.127. The summed E-state index contributed by atoms with van der Waals surface area (Å²) in [5.41, 5.74) is 0. The van der Waals surface area contributed by atoms with Crippen LogP contribution in [0.5, 0.6) is 0 Å². The molecule has 1 atom stereocenters. The van der Waals surface area contributed by atoms with E-state index < -0.39 is 0 Å². The van der Waals surface area contributed by atoms with Crippen LogP contribution in [0.1, 0.15) is 6.42 Å². The molecule has 1 aliphatic rings. The van der Waals surface area contributed by atoms with E-state index in [0.717, 1.165) is 26.1 Å². The predicted molar refractivity (Wildman–Crippen MR) is 47.3 cm³/mol. The van der Waals surface area contributed by atoms with Gasteiger partial charge in [0.2, 0.25) is 5.91 Å². The van der Waals surface area contributed by atoms with Crippen molar-refractivity contribution in [2.45, 2.75) is 6.42 Å². The van der Waals surface area contributed by atoms with E-state index in [-0.39, 0.29) is 11.8 Å². The van der Waals surface area contributed by atoms with Crippen LogP contribution >= 0.6 is 11.6 Å². The van der Waals surface area contributed by atoms with E-state index in [2.05, 4.69) is 0 Å². The molecule has 3 nitrogen and oxygen atoms in total. The van der Waals surface area contributed by atoms with Gasteiger partial charge in [0.05, 0.1) is 6.61 Å². The lowest BCUT2D eigenvalue weighted by Crippen LogP contribution is -2.30. The molecular formula is C8H14ClNO2. The zero-order valence-electron chi connectivity index (χ0n) is 7.25. The van der Waals surface area contributed by atoms with E-state index in [4.69, 9.17) is 16.3 Å². The maximum absolute atomic E-state index is 11.1. The molecule has 0 aliphatic carbocycles. The van der Waals surface area contributed by atoms with Gasteiger partial charge < -0.3 is 9.64 Å². The van der Waals surface area contributed by atoms with Crippen molar-refractivity contribution in [3.63, 3.8) is 0 Å². The molecule has 0 aromatic heterocycles. The summed E-state index contributed by atoms with van der Waals surface area (Å²) in [6.07, 6.45) is 1.04. The minimum Gasteiger partial charge on any atom is -0.384 e. The molecule has 1 saturated heterocycles. The molecule has 0 aromatic rings.